The van der Waals surface area contributed by atoms with Crippen molar-refractivity contribution in [3.8, 4) is 5.75 Å². The minimum atomic E-state index is -4.91. The summed E-state index contributed by atoms with van der Waals surface area (Å²) < 4.78 is 68.6. The number of ether oxygens (including phenoxy) is 1. The molecular weight excluding hydrogens is 439 g/mol. The van der Waals surface area contributed by atoms with Gasteiger partial charge in [-0.3, -0.25) is 4.79 Å². The quantitative estimate of drug-likeness (QED) is 0.667. The van der Waals surface area contributed by atoms with E-state index in [0.29, 0.717) is 31.6 Å². The van der Waals surface area contributed by atoms with E-state index in [4.69, 9.17) is 4.84 Å². The third-order valence-electron chi connectivity index (χ3n) is 4.53. The number of nitrogens with one attached hydrogen (secondary N) is 1. The number of oxime groups is 1. The van der Waals surface area contributed by atoms with Gasteiger partial charge in [0, 0.05) is 39.2 Å². The predicted molar refractivity (Wildman–Crippen MR) is 105 cm³/mol. The van der Waals surface area contributed by atoms with E-state index in [2.05, 4.69) is 15.2 Å². The number of alkyl halides is 3. The molecule has 0 amide bonds. The van der Waals surface area contributed by atoms with Gasteiger partial charge in [0.1, 0.15) is 5.75 Å². The van der Waals surface area contributed by atoms with Gasteiger partial charge in [-0.2, -0.15) is 0 Å². The molecular formula is C19H20F3N3O5S. The summed E-state index contributed by atoms with van der Waals surface area (Å²) in [5.41, 5.74) is -1.90. The lowest BCUT2D eigenvalue weighted by Gasteiger charge is -2.19. The van der Waals surface area contributed by atoms with Crippen molar-refractivity contribution in [3.63, 3.8) is 0 Å². The van der Waals surface area contributed by atoms with Gasteiger partial charge in [0.25, 0.3) is 11.0 Å². The van der Waals surface area contributed by atoms with Crippen LogP contribution < -0.4 is 15.6 Å². The SMILES string of the molecule is Cn1cccc(C(ON=C2CCNCC2)S(=O)(=O)c2ccc(OC(F)(F)F)cc2)c1=O. The molecule has 31 heavy (non-hydrogen) atoms. The van der Waals surface area contributed by atoms with Crippen LogP contribution in [0, 0.1) is 0 Å². The maximum atomic E-state index is 13.2. The highest BCUT2D eigenvalue weighted by Gasteiger charge is 2.35. The molecule has 0 bridgehead atoms. The largest absolute Gasteiger partial charge is 0.573 e. The normalized spacial score (nSPS) is 15.9. The Balaban J connectivity index is 1.98. The fourth-order valence-corrected chi connectivity index (χ4v) is 4.39. The summed E-state index contributed by atoms with van der Waals surface area (Å²) in [6, 6.07) is 6.46. The van der Waals surface area contributed by atoms with Crippen molar-refractivity contribution < 1.29 is 31.2 Å². The Bertz CT molecular complexity index is 1100. The highest BCUT2D eigenvalue weighted by Crippen LogP contribution is 2.31. The number of halogens is 3. The summed E-state index contributed by atoms with van der Waals surface area (Å²) in [5.74, 6) is -0.575. The molecule has 2 heterocycles. The average molecular weight is 459 g/mol. The predicted octanol–water partition coefficient (Wildman–Crippen LogP) is 2.51. The van der Waals surface area contributed by atoms with Crippen molar-refractivity contribution in [1.82, 2.24) is 9.88 Å². The van der Waals surface area contributed by atoms with Gasteiger partial charge in [-0.25, -0.2) is 8.42 Å². The first-order valence-corrected chi connectivity index (χ1v) is 10.8. The first-order chi connectivity index (χ1) is 14.6. The fourth-order valence-electron chi connectivity index (χ4n) is 2.96. The molecule has 168 valence electrons. The number of hydrogen-bond acceptors (Lipinski definition) is 7. The lowest BCUT2D eigenvalue weighted by molar-refractivity contribution is -0.274. The Morgan fingerprint density at radius 2 is 1.77 bits per heavy atom. The maximum absolute atomic E-state index is 13.2. The Morgan fingerprint density at radius 1 is 1.13 bits per heavy atom. The second kappa shape index (κ2) is 9.10. The molecule has 2 aromatic rings. The number of pyridine rings is 1. The summed E-state index contributed by atoms with van der Waals surface area (Å²) in [6.07, 6.45) is -2.34. The van der Waals surface area contributed by atoms with Gasteiger partial charge >= 0.3 is 6.36 Å². The zero-order chi connectivity index (χ0) is 22.6. The van der Waals surface area contributed by atoms with Crippen LogP contribution in [0.5, 0.6) is 5.75 Å². The minimum absolute atomic E-state index is 0.168. The van der Waals surface area contributed by atoms with Crippen LogP contribution in [0.2, 0.25) is 0 Å². The molecule has 12 heteroatoms. The second-order valence-electron chi connectivity index (χ2n) is 6.79. The van der Waals surface area contributed by atoms with E-state index >= 15 is 0 Å². The Hall–Kier alpha value is -2.86. The average Bonchev–Trinajstić information content (AvgIpc) is 2.71. The Kier molecular flexibility index (Phi) is 6.70. The molecule has 8 nitrogen and oxygen atoms in total. The number of rotatable bonds is 6. The van der Waals surface area contributed by atoms with Gasteiger partial charge in [0.15, 0.2) is 0 Å². The van der Waals surface area contributed by atoms with E-state index in [1.165, 1.54) is 29.9 Å². The third-order valence-corrected chi connectivity index (χ3v) is 6.37. The molecule has 1 fully saturated rings. The van der Waals surface area contributed by atoms with Crippen molar-refractivity contribution in [2.45, 2.75) is 29.5 Å². The van der Waals surface area contributed by atoms with Crippen LogP contribution in [-0.2, 0) is 21.7 Å². The van der Waals surface area contributed by atoms with Crippen molar-refractivity contribution in [1.29, 1.82) is 0 Å². The second-order valence-corrected chi connectivity index (χ2v) is 8.78. The van der Waals surface area contributed by atoms with Crippen molar-refractivity contribution >= 4 is 15.5 Å². The number of sulfone groups is 1. The van der Waals surface area contributed by atoms with Crippen LogP contribution in [0.25, 0.3) is 0 Å². The third kappa shape index (κ3) is 5.64. The van der Waals surface area contributed by atoms with Crippen molar-refractivity contribution in [3.05, 3.63) is 58.5 Å². The molecule has 1 unspecified atom stereocenters. The Labute approximate surface area is 176 Å². The lowest BCUT2D eigenvalue weighted by Crippen LogP contribution is -2.29. The van der Waals surface area contributed by atoms with E-state index in [1.807, 2.05) is 0 Å². The number of aromatic nitrogens is 1. The van der Waals surface area contributed by atoms with Crippen LogP contribution >= 0.6 is 0 Å². The van der Waals surface area contributed by atoms with E-state index in [1.54, 1.807) is 0 Å². The molecule has 1 atom stereocenters. The number of nitrogens with zero attached hydrogens (tertiary/aromatic N) is 2. The van der Waals surface area contributed by atoms with E-state index in [0.717, 1.165) is 24.3 Å². The monoisotopic (exact) mass is 459 g/mol. The van der Waals surface area contributed by atoms with Gasteiger partial charge in [-0.05, 0) is 36.4 Å². The van der Waals surface area contributed by atoms with Crippen LogP contribution in [0.15, 0.2) is 57.4 Å². The van der Waals surface area contributed by atoms with Crippen molar-refractivity contribution in [2.24, 2.45) is 12.2 Å². The molecule has 1 N–H and O–H groups in total. The zero-order valence-corrected chi connectivity index (χ0v) is 17.2. The summed E-state index contributed by atoms with van der Waals surface area (Å²) >= 11 is 0. The van der Waals surface area contributed by atoms with Crippen LogP contribution in [0.1, 0.15) is 23.8 Å². The molecule has 0 aliphatic carbocycles. The standard InChI is InChI=1S/C19H20F3N3O5S/c1-25-12-2-3-16(17(25)26)18(30-24-13-8-10-23-11-9-13)31(27,28)15-6-4-14(5-7-15)29-19(20,21)22/h2-7,12,18,23H,8-11H2,1H3. The molecule has 1 aromatic carbocycles. The first kappa shape index (κ1) is 22.8. The number of hydrogen-bond donors (Lipinski definition) is 1. The lowest BCUT2D eigenvalue weighted by atomic mass is 10.1. The number of piperidine rings is 1. The minimum Gasteiger partial charge on any atom is -0.406 e. The molecule has 0 spiro atoms. The summed E-state index contributed by atoms with van der Waals surface area (Å²) in [5, 5.41) is 7.09. The van der Waals surface area contributed by atoms with Gasteiger partial charge in [0.2, 0.25) is 9.84 Å². The van der Waals surface area contributed by atoms with Crippen LogP contribution in [0.3, 0.4) is 0 Å². The van der Waals surface area contributed by atoms with E-state index in [-0.39, 0.29) is 10.5 Å². The van der Waals surface area contributed by atoms with E-state index < -0.39 is 32.9 Å². The Morgan fingerprint density at radius 3 is 2.39 bits per heavy atom. The number of aryl methyl sites for hydroxylation is 1. The molecule has 0 radical (unpaired) electrons. The molecule has 0 saturated carbocycles. The van der Waals surface area contributed by atoms with Crippen LogP contribution in [-0.4, -0.2) is 38.1 Å². The summed E-state index contributed by atoms with van der Waals surface area (Å²) in [4.78, 5) is 17.6. The highest BCUT2D eigenvalue weighted by molar-refractivity contribution is 7.91. The smallest absolute Gasteiger partial charge is 0.406 e. The van der Waals surface area contributed by atoms with Gasteiger partial charge in [-0.15, -0.1) is 13.2 Å². The molecule has 1 aliphatic rings. The number of benzene rings is 1. The van der Waals surface area contributed by atoms with Gasteiger partial charge < -0.3 is 19.5 Å². The van der Waals surface area contributed by atoms with E-state index in [9.17, 15) is 26.4 Å². The molecule has 1 aromatic heterocycles. The van der Waals surface area contributed by atoms with Gasteiger partial charge in [-0.1, -0.05) is 5.16 Å². The van der Waals surface area contributed by atoms with Gasteiger partial charge in [0.05, 0.1) is 16.2 Å². The fraction of sp³-hybridized carbons (Fsp3) is 0.368. The molecule has 3 rings (SSSR count). The maximum Gasteiger partial charge on any atom is 0.573 e. The summed E-state index contributed by atoms with van der Waals surface area (Å²) in [7, 11) is -2.89. The first-order valence-electron chi connectivity index (χ1n) is 9.25. The molecule has 1 aliphatic heterocycles. The highest BCUT2D eigenvalue weighted by atomic mass is 32.2. The van der Waals surface area contributed by atoms with Crippen LogP contribution in [0.4, 0.5) is 13.2 Å². The zero-order valence-electron chi connectivity index (χ0n) is 16.4. The van der Waals surface area contributed by atoms with Crippen molar-refractivity contribution in [2.75, 3.05) is 13.1 Å². The molecule has 1 saturated heterocycles. The summed E-state index contributed by atoms with van der Waals surface area (Å²) in [6.45, 7) is 1.32. The topological polar surface area (TPSA) is 99.0 Å².